The lowest BCUT2D eigenvalue weighted by molar-refractivity contribution is 0.502. The van der Waals surface area contributed by atoms with Gasteiger partial charge in [0.05, 0.1) is 5.02 Å². The molecule has 4 heteroatoms. The van der Waals surface area contributed by atoms with Gasteiger partial charge in [-0.1, -0.05) is 25.1 Å². The molecule has 1 aliphatic carbocycles. The van der Waals surface area contributed by atoms with E-state index in [-0.39, 0.29) is 0 Å². The van der Waals surface area contributed by atoms with Gasteiger partial charge in [-0.15, -0.1) is 0 Å². The van der Waals surface area contributed by atoms with Crippen LogP contribution < -0.4 is 0 Å². The van der Waals surface area contributed by atoms with Crippen LogP contribution in [-0.4, -0.2) is 28.3 Å². The maximum Gasteiger partial charge on any atom is 0.154 e. The van der Waals surface area contributed by atoms with Crippen molar-refractivity contribution in [2.24, 2.45) is 4.99 Å². The normalized spacial score (nSPS) is 15.4. The molecule has 1 heterocycles. The van der Waals surface area contributed by atoms with Crippen LogP contribution in [0.4, 0.5) is 0 Å². The molecule has 0 unspecified atom stereocenters. The molecule has 0 amide bonds. The Kier molecular flexibility index (Phi) is 4.59. The zero-order valence-electron chi connectivity index (χ0n) is 11.6. The number of hydrogen-bond donors (Lipinski definition) is 0. The molecule has 1 saturated carbocycles. The lowest BCUT2D eigenvalue weighted by Gasteiger charge is -2.26. The highest BCUT2D eigenvalue weighted by molar-refractivity contribution is 6.30. The van der Waals surface area contributed by atoms with Crippen LogP contribution in [0.25, 0.3) is 0 Å². The number of halogens is 1. The third-order valence-electron chi connectivity index (χ3n) is 2.99. The first-order valence-electron chi connectivity index (χ1n) is 6.74. The molecule has 102 valence electrons. The average molecular weight is 278 g/mol. The predicted octanol–water partition coefficient (Wildman–Crippen LogP) is 3.89. The van der Waals surface area contributed by atoms with Crippen LogP contribution in [0.3, 0.4) is 0 Å². The first kappa shape index (κ1) is 14.1. The minimum Gasteiger partial charge on any atom is -0.326 e. The van der Waals surface area contributed by atoms with Crippen LogP contribution in [0.1, 0.15) is 38.8 Å². The Morgan fingerprint density at radius 2 is 2.26 bits per heavy atom. The predicted molar refractivity (Wildman–Crippen MR) is 80.6 cm³/mol. The molecule has 1 aromatic heterocycles. The molecule has 1 aromatic rings. The van der Waals surface area contributed by atoms with Gasteiger partial charge in [0, 0.05) is 24.5 Å². The molecule has 2 rings (SSSR count). The van der Waals surface area contributed by atoms with Crippen LogP contribution in [0.5, 0.6) is 0 Å². The first-order valence-corrected chi connectivity index (χ1v) is 7.12. The van der Waals surface area contributed by atoms with Crippen molar-refractivity contribution >= 4 is 17.4 Å². The molecule has 19 heavy (non-hydrogen) atoms. The number of amidine groups is 1. The van der Waals surface area contributed by atoms with E-state index in [1.165, 1.54) is 12.8 Å². The van der Waals surface area contributed by atoms with E-state index in [0.717, 1.165) is 30.2 Å². The SMILES string of the molecule is C=C(C)N(C(=NCCC)c1ccc(Cl)cn1)C1CC1. The lowest BCUT2D eigenvalue weighted by Crippen LogP contribution is -2.32. The third kappa shape index (κ3) is 3.57. The van der Waals surface area contributed by atoms with Gasteiger partial charge in [0.15, 0.2) is 5.84 Å². The van der Waals surface area contributed by atoms with Gasteiger partial charge in [0.25, 0.3) is 0 Å². The van der Waals surface area contributed by atoms with Crippen molar-refractivity contribution in [3.8, 4) is 0 Å². The summed E-state index contributed by atoms with van der Waals surface area (Å²) in [5.41, 5.74) is 1.89. The average Bonchev–Trinajstić information content (AvgIpc) is 3.19. The number of hydrogen-bond acceptors (Lipinski definition) is 2. The van der Waals surface area contributed by atoms with Crippen molar-refractivity contribution < 1.29 is 0 Å². The molecule has 0 radical (unpaired) electrons. The van der Waals surface area contributed by atoms with Gasteiger partial charge in [-0.2, -0.15) is 0 Å². The van der Waals surface area contributed by atoms with E-state index in [0.29, 0.717) is 11.1 Å². The zero-order valence-corrected chi connectivity index (χ0v) is 12.3. The summed E-state index contributed by atoms with van der Waals surface area (Å²) in [5.74, 6) is 0.925. The van der Waals surface area contributed by atoms with E-state index >= 15 is 0 Å². The maximum absolute atomic E-state index is 5.90. The molecule has 0 spiro atoms. The van der Waals surface area contributed by atoms with Crippen molar-refractivity contribution in [3.63, 3.8) is 0 Å². The molecular weight excluding hydrogens is 258 g/mol. The standard InChI is InChI=1S/C15H20ClN3/c1-4-9-17-15(14-8-5-12(16)10-18-14)19(11(2)3)13-6-7-13/h5,8,10,13H,2,4,6-7,9H2,1,3H3. The van der Waals surface area contributed by atoms with Crippen LogP contribution >= 0.6 is 11.6 Å². The summed E-state index contributed by atoms with van der Waals surface area (Å²) in [6.45, 7) is 9.03. The number of aromatic nitrogens is 1. The van der Waals surface area contributed by atoms with E-state index in [1.807, 2.05) is 19.1 Å². The van der Waals surface area contributed by atoms with Gasteiger partial charge in [-0.05, 0) is 38.3 Å². The summed E-state index contributed by atoms with van der Waals surface area (Å²) in [6.07, 6.45) is 5.09. The van der Waals surface area contributed by atoms with Crippen molar-refractivity contribution in [1.82, 2.24) is 9.88 Å². The second-order valence-corrected chi connectivity index (χ2v) is 5.34. The molecular formula is C15H20ClN3. The largest absolute Gasteiger partial charge is 0.326 e. The van der Waals surface area contributed by atoms with Gasteiger partial charge in [0.1, 0.15) is 5.69 Å². The van der Waals surface area contributed by atoms with Crippen molar-refractivity contribution in [3.05, 3.63) is 41.3 Å². The van der Waals surface area contributed by atoms with Gasteiger partial charge < -0.3 is 4.90 Å². The fourth-order valence-electron chi connectivity index (χ4n) is 2.00. The molecule has 1 aliphatic rings. The molecule has 0 saturated heterocycles. The highest BCUT2D eigenvalue weighted by Crippen LogP contribution is 2.31. The van der Waals surface area contributed by atoms with Crippen LogP contribution in [0, 0.1) is 0 Å². The number of rotatable bonds is 5. The van der Waals surface area contributed by atoms with Crippen LogP contribution in [0.2, 0.25) is 5.02 Å². The fraction of sp³-hybridized carbons (Fsp3) is 0.467. The Morgan fingerprint density at radius 3 is 2.74 bits per heavy atom. The Bertz CT molecular complexity index is 475. The molecule has 1 fully saturated rings. The lowest BCUT2D eigenvalue weighted by atomic mass is 10.2. The fourth-order valence-corrected chi connectivity index (χ4v) is 2.12. The monoisotopic (exact) mass is 277 g/mol. The minimum absolute atomic E-state index is 0.533. The Balaban J connectivity index is 2.34. The summed E-state index contributed by atoms with van der Waals surface area (Å²) < 4.78 is 0. The molecule has 0 aliphatic heterocycles. The van der Waals surface area contributed by atoms with Crippen molar-refractivity contribution in [1.29, 1.82) is 0 Å². The van der Waals surface area contributed by atoms with E-state index in [4.69, 9.17) is 16.6 Å². The molecule has 3 nitrogen and oxygen atoms in total. The van der Waals surface area contributed by atoms with Crippen molar-refractivity contribution in [2.45, 2.75) is 39.2 Å². The van der Waals surface area contributed by atoms with E-state index in [9.17, 15) is 0 Å². The molecule has 0 bridgehead atoms. The third-order valence-corrected chi connectivity index (χ3v) is 3.22. The molecule has 0 atom stereocenters. The van der Waals surface area contributed by atoms with E-state index in [1.54, 1.807) is 6.20 Å². The first-order chi connectivity index (χ1) is 9.13. The summed E-state index contributed by atoms with van der Waals surface area (Å²) in [5, 5.41) is 0.645. The van der Waals surface area contributed by atoms with Gasteiger partial charge in [0.2, 0.25) is 0 Å². The minimum atomic E-state index is 0.533. The Labute approximate surface area is 120 Å². The topological polar surface area (TPSA) is 28.5 Å². The Hall–Kier alpha value is -1.35. The van der Waals surface area contributed by atoms with E-state index < -0.39 is 0 Å². The second-order valence-electron chi connectivity index (χ2n) is 4.90. The molecule has 0 N–H and O–H groups in total. The summed E-state index contributed by atoms with van der Waals surface area (Å²) in [7, 11) is 0. The number of aliphatic imine (C=N–C) groups is 1. The van der Waals surface area contributed by atoms with Crippen molar-refractivity contribution in [2.75, 3.05) is 6.54 Å². The summed E-state index contributed by atoms with van der Waals surface area (Å²) >= 11 is 5.90. The van der Waals surface area contributed by atoms with Gasteiger partial charge in [-0.3, -0.25) is 9.98 Å². The quantitative estimate of drug-likeness (QED) is 0.603. The summed E-state index contributed by atoms with van der Waals surface area (Å²) in [4.78, 5) is 11.3. The molecule has 0 aromatic carbocycles. The second kappa shape index (κ2) is 6.20. The van der Waals surface area contributed by atoms with E-state index in [2.05, 4.69) is 23.4 Å². The Morgan fingerprint density at radius 1 is 1.53 bits per heavy atom. The highest BCUT2D eigenvalue weighted by atomic mass is 35.5. The van der Waals surface area contributed by atoms with Crippen LogP contribution in [0.15, 0.2) is 35.6 Å². The number of nitrogens with zero attached hydrogens (tertiary/aromatic N) is 3. The number of allylic oxidation sites excluding steroid dienone is 1. The smallest absolute Gasteiger partial charge is 0.154 e. The van der Waals surface area contributed by atoms with Gasteiger partial charge in [-0.25, -0.2) is 0 Å². The van der Waals surface area contributed by atoms with Gasteiger partial charge >= 0.3 is 0 Å². The summed E-state index contributed by atoms with van der Waals surface area (Å²) in [6, 6.07) is 4.31. The van der Waals surface area contributed by atoms with Crippen LogP contribution in [-0.2, 0) is 0 Å². The number of pyridine rings is 1. The zero-order chi connectivity index (χ0) is 13.8. The maximum atomic E-state index is 5.90. The highest BCUT2D eigenvalue weighted by Gasteiger charge is 2.32.